The SMILES string of the molecule is O=C(CCNC(=O)NC12CC3CC(CC(C3)C1)C2)NCc1cccnc1N1CCOCC1. The smallest absolute Gasteiger partial charge is 0.315 e. The molecule has 3 amide bonds. The summed E-state index contributed by atoms with van der Waals surface area (Å²) in [6.07, 6.45) is 9.49. The zero-order valence-electron chi connectivity index (χ0n) is 18.8. The van der Waals surface area contributed by atoms with Crippen LogP contribution in [0.5, 0.6) is 0 Å². The lowest BCUT2D eigenvalue weighted by molar-refractivity contribution is -0.121. The number of carbonyl (C=O) groups is 2. The van der Waals surface area contributed by atoms with Crippen LogP contribution in [0.1, 0.15) is 50.5 Å². The van der Waals surface area contributed by atoms with E-state index in [1.54, 1.807) is 6.20 Å². The summed E-state index contributed by atoms with van der Waals surface area (Å²) < 4.78 is 5.42. The van der Waals surface area contributed by atoms with Crippen molar-refractivity contribution >= 4 is 17.8 Å². The molecule has 0 radical (unpaired) electrons. The summed E-state index contributed by atoms with van der Waals surface area (Å²) in [5.41, 5.74) is 0.993. The fourth-order valence-electron chi connectivity index (χ4n) is 6.75. The third-order valence-corrected chi connectivity index (χ3v) is 7.71. The van der Waals surface area contributed by atoms with Crippen molar-refractivity contribution in [1.29, 1.82) is 0 Å². The highest BCUT2D eigenvalue weighted by Gasteiger charge is 2.51. The van der Waals surface area contributed by atoms with E-state index in [0.717, 1.165) is 61.5 Å². The largest absolute Gasteiger partial charge is 0.378 e. The Morgan fingerprint density at radius 3 is 2.44 bits per heavy atom. The van der Waals surface area contributed by atoms with Crippen molar-refractivity contribution in [2.24, 2.45) is 17.8 Å². The molecule has 174 valence electrons. The lowest BCUT2D eigenvalue weighted by Crippen LogP contribution is -2.61. The van der Waals surface area contributed by atoms with E-state index in [2.05, 4.69) is 25.8 Å². The molecular weight excluding hydrogens is 406 g/mol. The molecule has 0 unspecified atom stereocenters. The Morgan fingerprint density at radius 2 is 1.75 bits per heavy atom. The van der Waals surface area contributed by atoms with Crippen LogP contribution >= 0.6 is 0 Å². The van der Waals surface area contributed by atoms with Gasteiger partial charge in [-0.1, -0.05) is 6.07 Å². The maximum absolute atomic E-state index is 12.5. The highest BCUT2D eigenvalue weighted by Crippen LogP contribution is 2.55. The molecule has 32 heavy (non-hydrogen) atoms. The van der Waals surface area contributed by atoms with Crippen molar-refractivity contribution in [1.82, 2.24) is 20.9 Å². The number of hydrogen-bond acceptors (Lipinski definition) is 5. The monoisotopic (exact) mass is 441 g/mol. The molecule has 8 nitrogen and oxygen atoms in total. The summed E-state index contributed by atoms with van der Waals surface area (Å²) in [6.45, 7) is 3.77. The highest BCUT2D eigenvalue weighted by atomic mass is 16.5. The molecule has 5 aliphatic rings. The van der Waals surface area contributed by atoms with Crippen molar-refractivity contribution in [2.75, 3.05) is 37.7 Å². The molecule has 1 aliphatic heterocycles. The van der Waals surface area contributed by atoms with E-state index in [9.17, 15) is 9.59 Å². The third kappa shape index (κ3) is 4.85. The Balaban J connectivity index is 1.05. The Bertz CT molecular complexity index is 803. The Hall–Kier alpha value is -2.35. The fourth-order valence-corrected chi connectivity index (χ4v) is 6.75. The minimum absolute atomic E-state index is 0.00268. The quantitative estimate of drug-likeness (QED) is 0.603. The van der Waals surface area contributed by atoms with E-state index in [1.807, 2.05) is 12.1 Å². The first-order valence-corrected chi connectivity index (χ1v) is 12.2. The van der Waals surface area contributed by atoms with Crippen molar-refractivity contribution in [3.05, 3.63) is 23.9 Å². The molecule has 1 aromatic rings. The predicted octanol–water partition coefficient (Wildman–Crippen LogP) is 2.19. The van der Waals surface area contributed by atoms with Crippen LogP contribution in [0.4, 0.5) is 10.6 Å². The lowest BCUT2D eigenvalue weighted by Gasteiger charge is -2.56. The molecule has 4 bridgehead atoms. The second-order valence-electron chi connectivity index (χ2n) is 10.2. The van der Waals surface area contributed by atoms with E-state index in [4.69, 9.17) is 4.74 Å². The van der Waals surface area contributed by atoms with Gasteiger partial charge in [0, 0.05) is 49.9 Å². The maximum atomic E-state index is 12.5. The normalized spacial score (nSPS) is 30.8. The van der Waals surface area contributed by atoms with Crippen LogP contribution in [0.2, 0.25) is 0 Å². The Morgan fingerprint density at radius 1 is 1.06 bits per heavy atom. The van der Waals surface area contributed by atoms with Gasteiger partial charge >= 0.3 is 6.03 Å². The number of nitrogens with zero attached hydrogens (tertiary/aromatic N) is 2. The minimum Gasteiger partial charge on any atom is -0.378 e. The first-order valence-electron chi connectivity index (χ1n) is 12.2. The van der Waals surface area contributed by atoms with E-state index in [1.165, 1.54) is 19.3 Å². The van der Waals surface area contributed by atoms with Crippen molar-refractivity contribution in [3.63, 3.8) is 0 Å². The fraction of sp³-hybridized carbons (Fsp3) is 0.708. The number of carbonyl (C=O) groups excluding carboxylic acids is 2. The number of aromatic nitrogens is 1. The summed E-state index contributed by atoms with van der Waals surface area (Å²) in [5.74, 6) is 3.22. The van der Waals surface area contributed by atoms with Gasteiger partial charge in [0.1, 0.15) is 5.82 Å². The summed E-state index contributed by atoms with van der Waals surface area (Å²) in [5, 5.41) is 9.17. The third-order valence-electron chi connectivity index (χ3n) is 7.71. The molecule has 4 aliphatic carbocycles. The Kier molecular flexibility index (Phi) is 6.22. The second-order valence-corrected chi connectivity index (χ2v) is 10.2. The second kappa shape index (κ2) is 9.25. The number of urea groups is 1. The van der Waals surface area contributed by atoms with Crippen molar-refractivity contribution in [2.45, 2.75) is 57.0 Å². The van der Waals surface area contributed by atoms with Crippen molar-refractivity contribution < 1.29 is 14.3 Å². The zero-order valence-corrected chi connectivity index (χ0v) is 18.8. The van der Waals surface area contributed by atoms with Crippen LogP contribution in [-0.4, -0.2) is 55.3 Å². The van der Waals surface area contributed by atoms with Gasteiger partial charge in [-0.25, -0.2) is 9.78 Å². The van der Waals surface area contributed by atoms with Gasteiger partial charge in [-0.2, -0.15) is 0 Å². The summed E-state index contributed by atoms with van der Waals surface area (Å²) >= 11 is 0. The molecule has 1 aromatic heterocycles. The van der Waals surface area contributed by atoms with Crippen LogP contribution in [-0.2, 0) is 16.1 Å². The molecule has 8 heteroatoms. The van der Waals surface area contributed by atoms with Gasteiger partial charge in [0.25, 0.3) is 0 Å². The number of pyridine rings is 1. The van der Waals surface area contributed by atoms with Gasteiger partial charge in [0.15, 0.2) is 0 Å². The van der Waals surface area contributed by atoms with Crippen LogP contribution < -0.4 is 20.9 Å². The maximum Gasteiger partial charge on any atom is 0.315 e. The number of ether oxygens (including phenoxy) is 1. The van der Waals surface area contributed by atoms with Gasteiger partial charge in [0.2, 0.25) is 5.91 Å². The van der Waals surface area contributed by atoms with E-state index in [0.29, 0.717) is 26.3 Å². The van der Waals surface area contributed by atoms with Gasteiger partial charge < -0.3 is 25.6 Å². The first kappa shape index (κ1) is 21.5. The molecule has 1 saturated heterocycles. The summed E-state index contributed by atoms with van der Waals surface area (Å²) in [6, 6.07) is 3.76. The molecule has 0 spiro atoms. The van der Waals surface area contributed by atoms with Gasteiger partial charge in [-0.15, -0.1) is 0 Å². The molecule has 4 saturated carbocycles. The predicted molar refractivity (Wildman–Crippen MR) is 121 cm³/mol. The zero-order chi connectivity index (χ0) is 22.0. The van der Waals surface area contributed by atoms with E-state index in [-0.39, 0.29) is 23.9 Å². The number of nitrogens with one attached hydrogen (secondary N) is 3. The summed E-state index contributed by atoms with van der Waals surface area (Å²) in [4.78, 5) is 31.6. The summed E-state index contributed by atoms with van der Waals surface area (Å²) in [7, 11) is 0. The first-order chi connectivity index (χ1) is 15.6. The number of amides is 3. The highest BCUT2D eigenvalue weighted by molar-refractivity contribution is 5.78. The van der Waals surface area contributed by atoms with E-state index < -0.39 is 0 Å². The molecule has 3 N–H and O–H groups in total. The molecule has 0 aromatic carbocycles. The molecule has 0 atom stereocenters. The van der Waals surface area contributed by atoms with Gasteiger partial charge in [0.05, 0.1) is 13.2 Å². The Labute approximate surface area is 189 Å². The number of anilines is 1. The molecule has 5 fully saturated rings. The molecule has 2 heterocycles. The number of morpholine rings is 1. The van der Waals surface area contributed by atoms with Gasteiger partial charge in [-0.05, 0) is 62.3 Å². The van der Waals surface area contributed by atoms with Crippen LogP contribution in [0.15, 0.2) is 18.3 Å². The van der Waals surface area contributed by atoms with Crippen molar-refractivity contribution in [3.8, 4) is 0 Å². The average molecular weight is 442 g/mol. The van der Waals surface area contributed by atoms with Gasteiger partial charge in [-0.3, -0.25) is 4.79 Å². The van der Waals surface area contributed by atoms with Crippen LogP contribution in [0.3, 0.4) is 0 Å². The van der Waals surface area contributed by atoms with E-state index >= 15 is 0 Å². The van der Waals surface area contributed by atoms with Crippen LogP contribution in [0.25, 0.3) is 0 Å². The topological polar surface area (TPSA) is 95.6 Å². The average Bonchev–Trinajstić information content (AvgIpc) is 2.77. The lowest BCUT2D eigenvalue weighted by atomic mass is 9.53. The number of rotatable bonds is 7. The standard InChI is InChI=1S/C24H35N5O3/c30-21(27-16-20-2-1-4-25-22(20)29-6-8-32-9-7-29)3-5-26-23(31)28-24-13-17-10-18(14-24)12-19(11-17)15-24/h1-2,4,17-19H,3,5-16H2,(H,27,30)(H2,26,28,31). The molecular formula is C24H35N5O3. The molecule has 6 rings (SSSR count). The number of hydrogen-bond donors (Lipinski definition) is 3. The minimum atomic E-state index is -0.124. The van der Waals surface area contributed by atoms with Crippen LogP contribution in [0, 0.1) is 17.8 Å².